The lowest BCUT2D eigenvalue weighted by molar-refractivity contribution is 0.643. The summed E-state index contributed by atoms with van der Waals surface area (Å²) in [6.07, 6.45) is 3.67. The standard InChI is InChI=1S/C18H15N5OS/c1-10-21-17-16(25-10)14-8-20-23(18(24)15(14)22(17)2)9-12-5-3-4-11-6-19-7-13(11)12/h3-5,7-8H,6,9H2,1-2H3. The second-order valence-corrected chi connectivity index (χ2v) is 7.48. The molecule has 0 spiro atoms. The number of benzene rings is 1. The van der Waals surface area contributed by atoms with E-state index in [1.165, 1.54) is 10.2 Å². The minimum atomic E-state index is -0.0876. The highest BCUT2D eigenvalue weighted by atomic mass is 32.1. The second kappa shape index (κ2) is 5.10. The highest BCUT2D eigenvalue weighted by Gasteiger charge is 2.18. The number of hydrogen-bond donors (Lipinski definition) is 0. The number of nitrogens with zero attached hydrogens (tertiary/aromatic N) is 5. The molecule has 0 N–H and O–H groups in total. The summed E-state index contributed by atoms with van der Waals surface area (Å²) in [5.74, 6) is 0. The molecule has 0 amide bonds. The van der Waals surface area contributed by atoms with Crippen molar-refractivity contribution in [3.05, 3.63) is 56.4 Å². The summed E-state index contributed by atoms with van der Waals surface area (Å²) in [6.45, 7) is 3.13. The third-order valence-corrected chi connectivity index (χ3v) is 5.71. The van der Waals surface area contributed by atoms with Crippen molar-refractivity contribution < 1.29 is 0 Å². The average molecular weight is 349 g/mol. The third kappa shape index (κ3) is 2.02. The Morgan fingerprint density at radius 1 is 1.32 bits per heavy atom. The summed E-state index contributed by atoms with van der Waals surface area (Å²) < 4.78 is 4.44. The molecule has 6 nitrogen and oxygen atoms in total. The molecule has 1 aliphatic heterocycles. The first-order valence-corrected chi connectivity index (χ1v) is 8.87. The molecule has 1 aliphatic rings. The van der Waals surface area contributed by atoms with Gasteiger partial charge in [-0.25, -0.2) is 9.67 Å². The van der Waals surface area contributed by atoms with Gasteiger partial charge >= 0.3 is 0 Å². The van der Waals surface area contributed by atoms with E-state index < -0.39 is 0 Å². The van der Waals surface area contributed by atoms with Crippen LogP contribution in [0.4, 0.5) is 0 Å². The van der Waals surface area contributed by atoms with Crippen LogP contribution in [0.2, 0.25) is 0 Å². The molecular formula is C18H15N5OS. The molecule has 124 valence electrons. The highest BCUT2D eigenvalue weighted by molar-refractivity contribution is 7.19. The van der Waals surface area contributed by atoms with Gasteiger partial charge in [0.2, 0.25) is 0 Å². The Labute approximate surface area is 147 Å². The normalized spacial score (nSPS) is 13.2. The summed E-state index contributed by atoms with van der Waals surface area (Å²) in [6, 6.07) is 6.12. The molecule has 0 saturated carbocycles. The van der Waals surface area contributed by atoms with Crippen LogP contribution in [0, 0.1) is 6.92 Å². The smallest absolute Gasteiger partial charge is 0.291 e. The number of aryl methyl sites for hydroxylation is 2. The molecule has 0 fully saturated rings. The first-order chi connectivity index (χ1) is 12.1. The summed E-state index contributed by atoms with van der Waals surface area (Å²) >= 11 is 1.60. The monoisotopic (exact) mass is 349 g/mol. The van der Waals surface area contributed by atoms with Crippen molar-refractivity contribution in [1.82, 2.24) is 19.3 Å². The quantitative estimate of drug-likeness (QED) is 0.559. The minimum absolute atomic E-state index is 0.0876. The van der Waals surface area contributed by atoms with Crippen LogP contribution in [0.5, 0.6) is 0 Å². The Hall–Kier alpha value is -2.80. The van der Waals surface area contributed by atoms with Crippen LogP contribution in [0.1, 0.15) is 21.7 Å². The summed E-state index contributed by atoms with van der Waals surface area (Å²) in [4.78, 5) is 21.9. The Morgan fingerprint density at radius 2 is 2.20 bits per heavy atom. The number of aliphatic imine (C=N–C) groups is 1. The van der Waals surface area contributed by atoms with E-state index in [4.69, 9.17) is 0 Å². The van der Waals surface area contributed by atoms with Crippen molar-refractivity contribution in [3.8, 4) is 0 Å². The Kier molecular flexibility index (Phi) is 2.96. The lowest BCUT2D eigenvalue weighted by Gasteiger charge is -2.09. The molecular weight excluding hydrogens is 334 g/mol. The molecule has 25 heavy (non-hydrogen) atoms. The van der Waals surface area contributed by atoms with Crippen LogP contribution >= 0.6 is 11.3 Å². The highest BCUT2D eigenvalue weighted by Crippen LogP contribution is 2.30. The first kappa shape index (κ1) is 14.5. The zero-order valence-electron chi connectivity index (χ0n) is 13.9. The van der Waals surface area contributed by atoms with Crippen molar-refractivity contribution in [3.63, 3.8) is 0 Å². The van der Waals surface area contributed by atoms with Gasteiger partial charge < -0.3 is 4.57 Å². The predicted octanol–water partition coefficient (Wildman–Crippen LogP) is 2.63. The van der Waals surface area contributed by atoms with Crippen molar-refractivity contribution in [2.75, 3.05) is 0 Å². The van der Waals surface area contributed by atoms with E-state index in [0.717, 1.165) is 31.9 Å². The number of rotatable bonds is 2. The molecule has 0 unspecified atom stereocenters. The molecule has 4 aromatic rings. The number of aromatic nitrogens is 4. The zero-order chi connectivity index (χ0) is 17.1. The molecule has 0 atom stereocenters. The van der Waals surface area contributed by atoms with E-state index in [-0.39, 0.29) is 5.56 Å². The third-order valence-electron chi connectivity index (χ3n) is 4.72. The van der Waals surface area contributed by atoms with Gasteiger partial charge in [0.25, 0.3) is 5.56 Å². The van der Waals surface area contributed by atoms with E-state index in [1.54, 1.807) is 17.5 Å². The van der Waals surface area contributed by atoms with E-state index in [9.17, 15) is 4.79 Å². The van der Waals surface area contributed by atoms with Crippen LogP contribution < -0.4 is 5.56 Å². The maximum atomic E-state index is 13.0. The summed E-state index contributed by atoms with van der Waals surface area (Å²) in [5, 5.41) is 6.30. The van der Waals surface area contributed by atoms with E-state index in [2.05, 4.69) is 21.1 Å². The van der Waals surface area contributed by atoms with E-state index in [0.29, 0.717) is 18.6 Å². The van der Waals surface area contributed by atoms with Crippen molar-refractivity contribution >= 4 is 38.8 Å². The molecule has 0 aliphatic carbocycles. The molecule has 0 bridgehead atoms. The average Bonchev–Trinajstić information content (AvgIpc) is 3.27. The van der Waals surface area contributed by atoms with Gasteiger partial charge in [0.15, 0.2) is 5.65 Å². The van der Waals surface area contributed by atoms with Gasteiger partial charge in [-0.15, -0.1) is 11.3 Å². The van der Waals surface area contributed by atoms with Gasteiger partial charge in [-0.2, -0.15) is 5.10 Å². The molecule has 0 saturated heterocycles. The SMILES string of the molecule is Cc1nc2c(s1)c1cnn(Cc3cccc4c3C=NC4)c(=O)c1n2C. The van der Waals surface area contributed by atoms with Crippen LogP contribution in [0.3, 0.4) is 0 Å². The fraction of sp³-hybridized carbons (Fsp3) is 0.222. The lowest BCUT2D eigenvalue weighted by Crippen LogP contribution is -2.25. The molecule has 1 aromatic carbocycles. The van der Waals surface area contributed by atoms with Crippen LogP contribution in [-0.4, -0.2) is 25.5 Å². The van der Waals surface area contributed by atoms with Crippen LogP contribution in [-0.2, 0) is 20.1 Å². The Morgan fingerprint density at radius 3 is 3.08 bits per heavy atom. The molecule has 7 heteroatoms. The minimum Gasteiger partial charge on any atom is -0.323 e. The molecule has 3 aromatic heterocycles. The van der Waals surface area contributed by atoms with E-state index in [1.807, 2.05) is 36.9 Å². The predicted molar refractivity (Wildman–Crippen MR) is 99.7 cm³/mol. The topological polar surface area (TPSA) is 65.1 Å². The fourth-order valence-electron chi connectivity index (χ4n) is 3.51. The molecule has 5 rings (SSSR count). The fourth-order valence-corrected chi connectivity index (χ4v) is 4.47. The van der Waals surface area contributed by atoms with E-state index >= 15 is 0 Å². The largest absolute Gasteiger partial charge is 0.323 e. The second-order valence-electron chi connectivity index (χ2n) is 6.27. The van der Waals surface area contributed by atoms with Crippen molar-refractivity contribution in [2.45, 2.75) is 20.0 Å². The van der Waals surface area contributed by atoms with Crippen molar-refractivity contribution in [2.24, 2.45) is 12.0 Å². The maximum absolute atomic E-state index is 13.0. The molecule has 4 heterocycles. The zero-order valence-corrected chi connectivity index (χ0v) is 14.7. The number of hydrogen-bond acceptors (Lipinski definition) is 5. The van der Waals surface area contributed by atoms with Gasteiger partial charge in [-0.1, -0.05) is 18.2 Å². The van der Waals surface area contributed by atoms with Gasteiger partial charge in [0, 0.05) is 24.2 Å². The number of fused-ring (bicyclic) bond motifs is 4. The van der Waals surface area contributed by atoms with Gasteiger partial charge in [-0.3, -0.25) is 9.79 Å². The molecule has 0 radical (unpaired) electrons. The lowest BCUT2D eigenvalue weighted by atomic mass is 10.0. The summed E-state index contributed by atoms with van der Waals surface area (Å²) in [5.41, 5.74) is 4.80. The van der Waals surface area contributed by atoms with Gasteiger partial charge in [-0.05, 0) is 18.1 Å². The van der Waals surface area contributed by atoms with Crippen molar-refractivity contribution in [1.29, 1.82) is 0 Å². The maximum Gasteiger partial charge on any atom is 0.291 e. The van der Waals surface area contributed by atoms with Crippen LogP contribution in [0.25, 0.3) is 21.3 Å². The Balaban J connectivity index is 1.69. The van der Waals surface area contributed by atoms with Gasteiger partial charge in [0.05, 0.1) is 29.0 Å². The first-order valence-electron chi connectivity index (χ1n) is 8.05. The summed E-state index contributed by atoms with van der Waals surface area (Å²) in [7, 11) is 1.89. The Bertz CT molecular complexity index is 1240. The van der Waals surface area contributed by atoms with Gasteiger partial charge in [0.1, 0.15) is 5.52 Å². The number of thiazole rings is 1. The van der Waals surface area contributed by atoms with Crippen LogP contribution in [0.15, 0.2) is 34.2 Å².